The number of aromatic nitrogens is 2. The average Bonchev–Trinajstić information content (AvgIpc) is 2.71. The molecular formula is C14H15N3. The molecule has 0 amide bonds. The third-order valence-corrected chi connectivity index (χ3v) is 4.20. The lowest BCUT2D eigenvalue weighted by molar-refractivity contribution is 0.550. The zero-order valence-electron chi connectivity index (χ0n) is 9.69. The molecule has 0 radical (unpaired) electrons. The van der Waals surface area contributed by atoms with Gasteiger partial charge >= 0.3 is 0 Å². The first kappa shape index (κ1) is 9.54. The van der Waals surface area contributed by atoms with Crippen LogP contribution in [0.3, 0.4) is 0 Å². The minimum Gasteiger partial charge on any atom is -0.316 e. The average molecular weight is 225 g/mol. The zero-order chi connectivity index (χ0) is 11.2. The second-order valence-electron chi connectivity index (χ2n) is 5.16. The van der Waals surface area contributed by atoms with Crippen LogP contribution in [0.1, 0.15) is 35.8 Å². The summed E-state index contributed by atoms with van der Waals surface area (Å²) in [6.45, 7) is 2.24. The van der Waals surface area contributed by atoms with Crippen molar-refractivity contribution in [2.24, 2.45) is 0 Å². The number of hydrogen-bond acceptors (Lipinski definition) is 3. The van der Waals surface area contributed by atoms with E-state index in [0.29, 0.717) is 11.8 Å². The van der Waals surface area contributed by atoms with E-state index in [1.165, 1.54) is 24.0 Å². The molecular weight excluding hydrogens is 210 g/mol. The van der Waals surface area contributed by atoms with Gasteiger partial charge in [-0.15, -0.1) is 0 Å². The fourth-order valence-corrected chi connectivity index (χ4v) is 3.32. The molecule has 3 heterocycles. The number of fused-ring (bicyclic) bond motifs is 4. The Hall–Kier alpha value is -1.48. The van der Waals surface area contributed by atoms with Crippen molar-refractivity contribution in [1.82, 2.24) is 15.3 Å². The predicted molar refractivity (Wildman–Crippen MR) is 67.1 cm³/mol. The van der Waals surface area contributed by atoms with E-state index in [1.807, 2.05) is 0 Å². The van der Waals surface area contributed by atoms with Crippen molar-refractivity contribution in [3.63, 3.8) is 0 Å². The number of hydrogen-bond donors (Lipinski definition) is 1. The summed E-state index contributed by atoms with van der Waals surface area (Å²) >= 11 is 0. The van der Waals surface area contributed by atoms with E-state index in [4.69, 9.17) is 0 Å². The van der Waals surface area contributed by atoms with Gasteiger partial charge in [-0.25, -0.2) is 0 Å². The largest absolute Gasteiger partial charge is 0.316 e. The molecule has 3 heteroatoms. The summed E-state index contributed by atoms with van der Waals surface area (Å²) in [6.07, 6.45) is 6.19. The Morgan fingerprint density at radius 3 is 1.94 bits per heavy atom. The normalized spacial score (nSPS) is 26.8. The van der Waals surface area contributed by atoms with Gasteiger partial charge in [0.2, 0.25) is 0 Å². The molecule has 1 aromatic carbocycles. The highest BCUT2D eigenvalue weighted by molar-refractivity contribution is 5.76. The highest BCUT2D eigenvalue weighted by atomic mass is 14.9. The maximum Gasteiger partial charge on any atom is 0.0889 e. The lowest BCUT2D eigenvalue weighted by atomic mass is 9.78. The highest BCUT2D eigenvalue weighted by Gasteiger charge is 2.30. The van der Waals surface area contributed by atoms with Crippen molar-refractivity contribution in [1.29, 1.82) is 0 Å². The van der Waals surface area contributed by atoms with Gasteiger partial charge in [0, 0.05) is 25.5 Å². The molecule has 2 aromatic rings. The van der Waals surface area contributed by atoms with Crippen molar-refractivity contribution in [3.05, 3.63) is 35.7 Å². The van der Waals surface area contributed by atoms with Crippen LogP contribution in [0, 0.1) is 0 Å². The third-order valence-electron chi connectivity index (χ3n) is 4.20. The van der Waals surface area contributed by atoms with Crippen LogP contribution in [0.25, 0.3) is 11.0 Å². The summed E-state index contributed by atoms with van der Waals surface area (Å²) in [5.41, 5.74) is 5.11. The third kappa shape index (κ3) is 1.39. The fourth-order valence-electron chi connectivity index (χ4n) is 3.32. The smallest absolute Gasteiger partial charge is 0.0889 e. The van der Waals surface area contributed by atoms with Crippen molar-refractivity contribution in [3.8, 4) is 0 Å². The summed E-state index contributed by atoms with van der Waals surface area (Å²) in [4.78, 5) is 8.84. The first-order valence-corrected chi connectivity index (χ1v) is 6.37. The first-order chi connectivity index (χ1) is 8.42. The van der Waals surface area contributed by atoms with Crippen molar-refractivity contribution >= 4 is 11.0 Å². The molecule has 2 bridgehead atoms. The standard InChI is InChI=1S/C14H15N3/c1-2-10-8-15-7-9(1)11-5-13-14(6-12(10)11)17-4-3-16-13/h3-6,9-10,15H,1-2,7-8H2/t9-,10-/m0/s1. The van der Waals surface area contributed by atoms with Gasteiger partial charge in [0.1, 0.15) is 0 Å². The highest BCUT2D eigenvalue weighted by Crippen LogP contribution is 2.41. The van der Waals surface area contributed by atoms with Gasteiger partial charge in [0.25, 0.3) is 0 Å². The number of rotatable bonds is 0. The van der Waals surface area contributed by atoms with Gasteiger partial charge in [0.05, 0.1) is 11.0 Å². The van der Waals surface area contributed by atoms with E-state index < -0.39 is 0 Å². The van der Waals surface area contributed by atoms with E-state index in [2.05, 4.69) is 27.4 Å². The number of nitrogens with one attached hydrogen (secondary N) is 1. The first-order valence-electron chi connectivity index (χ1n) is 6.37. The van der Waals surface area contributed by atoms with Gasteiger partial charge in [-0.2, -0.15) is 0 Å². The molecule has 3 nitrogen and oxygen atoms in total. The molecule has 1 aromatic heterocycles. The van der Waals surface area contributed by atoms with Gasteiger partial charge in [-0.3, -0.25) is 9.97 Å². The summed E-state index contributed by atoms with van der Waals surface area (Å²) in [7, 11) is 0. The zero-order valence-corrected chi connectivity index (χ0v) is 9.69. The molecule has 5 rings (SSSR count). The molecule has 1 saturated heterocycles. The fraction of sp³-hybridized carbons (Fsp3) is 0.429. The molecule has 2 atom stereocenters. The molecule has 17 heavy (non-hydrogen) atoms. The molecule has 86 valence electrons. The summed E-state index contributed by atoms with van der Waals surface area (Å²) in [5.74, 6) is 1.35. The van der Waals surface area contributed by atoms with E-state index in [1.54, 1.807) is 12.4 Å². The molecule has 3 aliphatic rings. The van der Waals surface area contributed by atoms with Crippen molar-refractivity contribution in [2.75, 3.05) is 13.1 Å². The van der Waals surface area contributed by atoms with E-state index in [-0.39, 0.29) is 0 Å². The summed E-state index contributed by atoms with van der Waals surface area (Å²) in [6, 6.07) is 4.53. The molecule has 1 fully saturated rings. The topological polar surface area (TPSA) is 37.8 Å². The Labute approximate surface area is 100 Å². The van der Waals surface area contributed by atoms with Crippen LogP contribution in [0.5, 0.6) is 0 Å². The van der Waals surface area contributed by atoms with Crippen LogP contribution in [0.2, 0.25) is 0 Å². The Morgan fingerprint density at radius 2 is 1.41 bits per heavy atom. The van der Waals surface area contributed by atoms with Gasteiger partial charge in [0.15, 0.2) is 0 Å². The second kappa shape index (κ2) is 3.50. The lowest BCUT2D eigenvalue weighted by Gasteiger charge is -2.26. The van der Waals surface area contributed by atoms with Crippen LogP contribution in [-0.4, -0.2) is 23.1 Å². The van der Waals surface area contributed by atoms with E-state index >= 15 is 0 Å². The molecule has 0 unspecified atom stereocenters. The Balaban J connectivity index is 2.01. The lowest BCUT2D eigenvalue weighted by Crippen LogP contribution is -2.18. The minimum absolute atomic E-state index is 0.676. The summed E-state index contributed by atoms with van der Waals surface area (Å²) in [5, 5.41) is 3.57. The molecule has 1 N–H and O–H groups in total. The Morgan fingerprint density at radius 1 is 0.882 bits per heavy atom. The van der Waals surface area contributed by atoms with Crippen LogP contribution >= 0.6 is 0 Å². The molecule has 2 aliphatic heterocycles. The van der Waals surface area contributed by atoms with Crippen molar-refractivity contribution < 1.29 is 0 Å². The predicted octanol–water partition coefficient (Wildman–Crippen LogP) is 2.19. The van der Waals surface area contributed by atoms with Gasteiger partial charge < -0.3 is 5.32 Å². The Bertz CT molecular complexity index is 524. The maximum absolute atomic E-state index is 4.42. The van der Waals surface area contributed by atoms with Crippen molar-refractivity contribution in [2.45, 2.75) is 24.7 Å². The minimum atomic E-state index is 0.676. The number of benzene rings is 1. The second-order valence-corrected chi connectivity index (χ2v) is 5.16. The number of nitrogens with zero attached hydrogens (tertiary/aromatic N) is 2. The quantitative estimate of drug-likeness (QED) is 0.747. The summed E-state index contributed by atoms with van der Waals surface area (Å²) < 4.78 is 0. The maximum atomic E-state index is 4.42. The van der Waals surface area contributed by atoms with E-state index in [9.17, 15) is 0 Å². The van der Waals surface area contributed by atoms with E-state index in [0.717, 1.165) is 24.1 Å². The molecule has 0 saturated carbocycles. The van der Waals surface area contributed by atoms with Gasteiger partial charge in [-0.05, 0) is 47.9 Å². The van der Waals surface area contributed by atoms with Crippen LogP contribution in [0.4, 0.5) is 0 Å². The monoisotopic (exact) mass is 225 g/mol. The van der Waals surface area contributed by atoms with Crippen LogP contribution in [-0.2, 0) is 0 Å². The SMILES string of the molecule is c1cnc2cc3c(cc2n1)[C@H]1CC[C@H]3CNC1. The molecule has 0 spiro atoms. The van der Waals surface area contributed by atoms with Gasteiger partial charge in [-0.1, -0.05) is 0 Å². The van der Waals surface area contributed by atoms with Crippen LogP contribution in [0.15, 0.2) is 24.5 Å². The van der Waals surface area contributed by atoms with Crippen LogP contribution < -0.4 is 5.32 Å². The molecule has 1 aliphatic carbocycles. The Kier molecular flexibility index (Phi) is 1.97.